The fraction of sp³-hybridized carbons (Fsp3) is 0.667. The Labute approximate surface area is 238 Å². The maximum Gasteiger partial charge on any atom is 0.245 e. The SMILES string of the molecule is CCCCc1c(CCCC)[n+]2cn1Cc1n[nH]c(n1)Cn1c[n+](c(CCCC)c1CCCC)Cc1n[nH]c(n1)C2. The number of hydrogen-bond acceptors (Lipinski definition) is 4. The molecule has 0 fully saturated rings. The molecule has 2 N–H and O–H groups in total. The van der Waals surface area contributed by atoms with Crippen LogP contribution in [0, 0.1) is 0 Å². The smallest absolute Gasteiger partial charge is 0.245 e. The molecule has 4 aromatic rings. The number of hydrogen-bond donors (Lipinski definition) is 2. The summed E-state index contributed by atoms with van der Waals surface area (Å²) in [5.41, 5.74) is 5.61. The van der Waals surface area contributed by atoms with Crippen molar-refractivity contribution in [3.63, 3.8) is 0 Å². The molecule has 5 heterocycles. The molecule has 216 valence electrons. The number of aromatic nitrogens is 10. The summed E-state index contributed by atoms with van der Waals surface area (Å²) >= 11 is 0. The van der Waals surface area contributed by atoms with Crippen LogP contribution in [0.2, 0.25) is 0 Å². The van der Waals surface area contributed by atoms with Crippen molar-refractivity contribution in [3.8, 4) is 0 Å². The molecule has 10 nitrogen and oxygen atoms in total. The normalized spacial score (nSPS) is 13.3. The number of nitrogens with zero attached hydrogens (tertiary/aromatic N) is 8. The van der Waals surface area contributed by atoms with E-state index in [9.17, 15) is 0 Å². The quantitative estimate of drug-likeness (QED) is 0.230. The van der Waals surface area contributed by atoms with E-state index < -0.39 is 0 Å². The lowest BCUT2D eigenvalue weighted by Crippen LogP contribution is -2.38. The van der Waals surface area contributed by atoms with Crippen LogP contribution in [-0.4, -0.2) is 39.5 Å². The highest BCUT2D eigenvalue weighted by atomic mass is 15.3. The minimum absolute atomic E-state index is 0.666. The Bertz CT molecular complexity index is 1170. The van der Waals surface area contributed by atoms with E-state index in [1.54, 1.807) is 0 Å². The number of aromatic amines is 2. The molecule has 0 amide bonds. The Balaban J connectivity index is 1.58. The zero-order chi connectivity index (χ0) is 27.9. The summed E-state index contributed by atoms with van der Waals surface area (Å²) in [6, 6.07) is 0. The van der Waals surface area contributed by atoms with Crippen LogP contribution < -0.4 is 9.13 Å². The van der Waals surface area contributed by atoms with Crippen LogP contribution in [-0.2, 0) is 51.9 Å². The molecule has 10 heteroatoms. The maximum atomic E-state index is 4.99. The van der Waals surface area contributed by atoms with Crippen LogP contribution in [0.25, 0.3) is 0 Å². The van der Waals surface area contributed by atoms with Gasteiger partial charge < -0.3 is 0 Å². The van der Waals surface area contributed by atoms with Crippen molar-refractivity contribution in [3.05, 3.63) is 58.7 Å². The monoisotopic (exact) mass is 548 g/mol. The van der Waals surface area contributed by atoms with Gasteiger partial charge in [-0.1, -0.05) is 53.4 Å². The van der Waals surface area contributed by atoms with E-state index in [1.165, 1.54) is 74.1 Å². The second kappa shape index (κ2) is 13.4. The van der Waals surface area contributed by atoms with Crippen molar-refractivity contribution < 1.29 is 9.13 Å². The molecule has 0 spiro atoms. The third-order valence-electron chi connectivity index (χ3n) is 8.10. The first-order valence-electron chi connectivity index (χ1n) is 15.6. The predicted molar refractivity (Wildman–Crippen MR) is 153 cm³/mol. The van der Waals surface area contributed by atoms with Crippen LogP contribution >= 0.6 is 0 Å². The van der Waals surface area contributed by atoms with Gasteiger partial charge in [0.05, 0.1) is 0 Å². The van der Waals surface area contributed by atoms with Gasteiger partial charge in [0.2, 0.25) is 12.7 Å². The molecule has 0 unspecified atom stereocenters. The average molecular weight is 549 g/mol. The van der Waals surface area contributed by atoms with Gasteiger partial charge in [0.15, 0.2) is 36.4 Å². The molecular weight excluding hydrogens is 500 g/mol. The highest BCUT2D eigenvalue weighted by Crippen LogP contribution is 2.18. The lowest BCUT2D eigenvalue weighted by atomic mass is 10.1. The van der Waals surface area contributed by atoms with E-state index in [4.69, 9.17) is 9.97 Å². The van der Waals surface area contributed by atoms with Crippen molar-refractivity contribution in [1.82, 2.24) is 39.5 Å². The minimum atomic E-state index is 0.666. The predicted octanol–water partition coefficient (Wildman–Crippen LogP) is 3.98. The Morgan fingerprint density at radius 3 is 1.75 bits per heavy atom. The highest BCUT2D eigenvalue weighted by molar-refractivity contribution is 5.13. The molecule has 0 aliphatic carbocycles. The van der Waals surface area contributed by atoms with Crippen molar-refractivity contribution >= 4 is 0 Å². The molecule has 0 radical (unpaired) electrons. The lowest BCUT2D eigenvalue weighted by molar-refractivity contribution is -0.697. The second-order valence-corrected chi connectivity index (χ2v) is 11.3. The fourth-order valence-corrected chi connectivity index (χ4v) is 5.93. The third kappa shape index (κ3) is 6.36. The number of H-pyrrole nitrogens is 2. The second-order valence-electron chi connectivity index (χ2n) is 11.3. The number of nitrogens with one attached hydrogen (secondary N) is 2. The molecule has 1 aliphatic rings. The van der Waals surface area contributed by atoms with Gasteiger partial charge in [-0.25, -0.2) is 28.2 Å². The first-order chi connectivity index (χ1) is 19.6. The first-order valence-corrected chi connectivity index (χ1v) is 15.6. The minimum Gasteiger partial charge on any atom is -0.260 e. The Hall–Kier alpha value is -3.30. The molecular formula is C30H48N10+2. The van der Waals surface area contributed by atoms with E-state index in [-0.39, 0.29) is 0 Å². The van der Waals surface area contributed by atoms with Gasteiger partial charge in [-0.3, -0.25) is 10.2 Å². The largest absolute Gasteiger partial charge is 0.260 e. The van der Waals surface area contributed by atoms with Gasteiger partial charge in [0.1, 0.15) is 35.9 Å². The lowest BCUT2D eigenvalue weighted by Gasteiger charge is -2.04. The van der Waals surface area contributed by atoms with Crippen molar-refractivity contribution in [2.45, 2.75) is 131 Å². The zero-order valence-corrected chi connectivity index (χ0v) is 25.0. The van der Waals surface area contributed by atoms with Gasteiger partial charge in [-0.15, -0.1) is 0 Å². The molecule has 0 atom stereocenters. The van der Waals surface area contributed by atoms with E-state index in [2.05, 4.69) is 79.0 Å². The molecule has 1 aliphatic heterocycles. The maximum absolute atomic E-state index is 4.99. The summed E-state index contributed by atoms with van der Waals surface area (Å²) in [6.45, 7) is 11.8. The standard InChI is InChI=1S/C30H48N10/c1-5-9-13-23-24(14-10-6-2)38-18-28-32-30(36-34-28)20-40-22-39(25(15-11-7-3)26(40)16-12-8-4)19-29-31-27(33-35-29)17-37(23)21-38/h21-22H,5-20H2,1-4H3,(H,31,33,35)(H,32,34,36)/q+2. The fourth-order valence-electron chi connectivity index (χ4n) is 5.93. The number of rotatable bonds is 12. The van der Waals surface area contributed by atoms with Crippen molar-refractivity contribution in [2.75, 3.05) is 0 Å². The molecule has 8 bridgehead atoms. The van der Waals surface area contributed by atoms with E-state index in [0.717, 1.165) is 49.0 Å². The van der Waals surface area contributed by atoms with Crippen molar-refractivity contribution in [2.24, 2.45) is 0 Å². The van der Waals surface area contributed by atoms with Crippen LogP contribution in [0.4, 0.5) is 0 Å². The van der Waals surface area contributed by atoms with Crippen LogP contribution in [0.1, 0.15) is 125 Å². The summed E-state index contributed by atoms with van der Waals surface area (Å²) in [7, 11) is 0. The molecule has 4 aromatic heterocycles. The van der Waals surface area contributed by atoms with E-state index in [1.807, 2.05) is 0 Å². The van der Waals surface area contributed by atoms with Crippen LogP contribution in [0.5, 0.6) is 0 Å². The molecule has 0 saturated carbocycles. The summed E-state index contributed by atoms with van der Waals surface area (Å²) < 4.78 is 9.50. The van der Waals surface area contributed by atoms with Gasteiger partial charge >= 0.3 is 0 Å². The Morgan fingerprint density at radius 1 is 0.625 bits per heavy atom. The van der Waals surface area contributed by atoms with Gasteiger partial charge in [0.25, 0.3) is 0 Å². The van der Waals surface area contributed by atoms with E-state index >= 15 is 0 Å². The average Bonchev–Trinajstić information content (AvgIpc) is 3.72. The van der Waals surface area contributed by atoms with Crippen LogP contribution in [0.15, 0.2) is 12.7 Å². The third-order valence-corrected chi connectivity index (χ3v) is 8.10. The van der Waals surface area contributed by atoms with Crippen LogP contribution in [0.3, 0.4) is 0 Å². The summed E-state index contributed by atoms with van der Waals surface area (Å²) in [5.74, 6) is 3.50. The number of imidazole rings is 2. The highest BCUT2D eigenvalue weighted by Gasteiger charge is 2.27. The van der Waals surface area contributed by atoms with Crippen molar-refractivity contribution in [1.29, 1.82) is 0 Å². The summed E-state index contributed by atoms with van der Waals surface area (Å²) in [6.07, 6.45) is 18.1. The Morgan fingerprint density at radius 2 is 1.12 bits per heavy atom. The van der Waals surface area contributed by atoms with Gasteiger partial charge in [0, 0.05) is 25.7 Å². The summed E-state index contributed by atoms with van der Waals surface area (Å²) in [4.78, 5) is 9.97. The van der Waals surface area contributed by atoms with Gasteiger partial charge in [-0.2, -0.15) is 10.2 Å². The first kappa shape index (κ1) is 28.2. The molecule has 40 heavy (non-hydrogen) atoms. The zero-order valence-electron chi connectivity index (χ0n) is 25.0. The summed E-state index contributed by atoms with van der Waals surface area (Å²) in [5, 5.41) is 15.9. The van der Waals surface area contributed by atoms with E-state index in [0.29, 0.717) is 26.2 Å². The topological polar surface area (TPSA) is 101 Å². The Kier molecular flexibility index (Phi) is 9.44. The number of unbranched alkanes of at least 4 members (excludes halogenated alkanes) is 4. The number of fused-ring (bicyclic) bond motifs is 8. The molecule has 0 saturated heterocycles. The molecule has 0 aromatic carbocycles. The molecule has 5 rings (SSSR count). The van der Waals surface area contributed by atoms with Gasteiger partial charge in [-0.05, 0) is 25.7 Å².